The molecule has 132 valence electrons. The number of carbonyl (C=O) groups is 1. The van der Waals surface area contributed by atoms with E-state index in [9.17, 15) is 4.79 Å². The summed E-state index contributed by atoms with van der Waals surface area (Å²) < 4.78 is 7.64. The van der Waals surface area contributed by atoms with Crippen LogP contribution in [0.5, 0.6) is 0 Å². The fraction of sp³-hybridized carbons (Fsp3) is 0.250. The molecule has 1 amide bonds. The summed E-state index contributed by atoms with van der Waals surface area (Å²) in [5, 5.41) is 7.30. The van der Waals surface area contributed by atoms with Gasteiger partial charge in [0, 0.05) is 24.6 Å². The standard InChI is InChI=1S/C20H20N4O2/c1-14-7-8-18(21-11-14)23-20(25)17-9-10-26-19(17)15-12-22-24(13-15)16-5-3-2-4-6-16/h2-8,11-13,17,19H,9-10H2,1H3,(H,21,23,25)/t17-,19+/m0/s1. The van der Waals surface area contributed by atoms with Gasteiger partial charge in [-0.15, -0.1) is 0 Å². The first-order valence-corrected chi connectivity index (χ1v) is 8.66. The SMILES string of the molecule is Cc1ccc(NC(=O)[C@H]2CCO[C@@H]2c2cnn(-c3ccccc3)c2)nc1. The van der Waals surface area contributed by atoms with Gasteiger partial charge in [-0.3, -0.25) is 4.79 Å². The number of rotatable bonds is 4. The van der Waals surface area contributed by atoms with Crippen LogP contribution in [0.1, 0.15) is 23.7 Å². The first-order chi connectivity index (χ1) is 12.7. The van der Waals surface area contributed by atoms with Gasteiger partial charge in [-0.05, 0) is 37.1 Å². The van der Waals surface area contributed by atoms with E-state index in [1.165, 1.54) is 0 Å². The zero-order chi connectivity index (χ0) is 17.9. The van der Waals surface area contributed by atoms with Crippen molar-refractivity contribution in [1.29, 1.82) is 0 Å². The second-order valence-electron chi connectivity index (χ2n) is 6.45. The molecule has 0 saturated carbocycles. The van der Waals surface area contributed by atoms with Crippen LogP contribution in [-0.2, 0) is 9.53 Å². The van der Waals surface area contributed by atoms with E-state index in [2.05, 4.69) is 15.4 Å². The van der Waals surface area contributed by atoms with E-state index in [1.54, 1.807) is 17.1 Å². The molecule has 2 atom stereocenters. The molecule has 1 saturated heterocycles. The van der Waals surface area contributed by atoms with Crippen LogP contribution in [0.3, 0.4) is 0 Å². The molecule has 1 fully saturated rings. The minimum absolute atomic E-state index is 0.0729. The average molecular weight is 348 g/mol. The van der Waals surface area contributed by atoms with Crippen LogP contribution in [0.2, 0.25) is 0 Å². The number of aryl methyl sites for hydroxylation is 1. The number of amides is 1. The van der Waals surface area contributed by atoms with Crippen molar-refractivity contribution in [1.82, 2.24) is 14.8 Å². The minimum atomic E-state index is -0.294. The molecule has 0 bridgehead atoms. The summed E-state index contributed by atoms with van der Waals surface area (Å²) in [6, 6.07) is 13.6. The summed E-state index contributed by atoms with van der Waals surface area (Å²) >= 11 is 0. The number of ether oxygens (including phenoxy) is 1. The van der Waals surface area contributed by atoms with Crippen LogP contribution >= 0.6 is 0 Å². The maximum absolute atomic E-state index is 12.7. The summed E-state index contributed by atoms with van der Waals surface area (Å²) in [4.78, 5) is 16.9. The fourth-order valence-electron chi connectivity index (χ4n) is 3.15. The Labute approximate surface area is 151 Å². The van der Waals surface area contributed by atoms with Crippen molar-refractivity contribution >= 4 is 11.7 Å². The van der Waals surface area contributed by atoms with Crippen molar-refractivity contribution in [2.75, 3.05) is 11.9 Å². The monoisotopic (exact) mass is 348 g/mol. The molecule has 3 aromatic rings. The van der Waals surface area contributed by atoms with E-state index >= 15 is 0 Å². The van der Waals surface area contributed by atoms with Gasteiger partial charge in [-0.2, -0.15) is 5.10 Å². The van der Waals surface area contributed by atoms with Crippen LogP contribution in [0.15, 0.2) is 61.1 Å². The van der Waals surface area contributed by atoms with Crippen molar-refractivity contribution < 1.29 is 9.53 Å². The van der Waals surface area contributed by atoms with Crippen molar-refractivity contribution in [2.24, 2.45) is 5.92 Å². The van der Waals surface area contributed by atoms with Gasteiger partial charge in [0.05, 0.1) is 23.9 Å². The molecule has 1 N–H and O–H groups in total. The summed E-state index contributed by atoms with van der Waals surface area (Å²) in [6.07, 6.45) is 5.82. The molecule has 4 rings (SSSR count). The van der Waals surface area contributed by atoms with E-state index in [0.29, 0.717) is 18.8 Å². The molecule has 0 radical (unpaired) electrons. The highest BCUT2D eigenvalue weighted by Crippen LogP contribution is 2.35. The predicted octanol–water partition coefficient (Wildman–Crippen LogP) is 3.29. The molecule has 0 unspecified atom stereocenters. The molecule has 1 aromatic carbocycles. The maximum atomic E-state index is 12.7. The van der Waals surface area contributed by atoms with Crippen molar-refractivity contribution in [2.45, 2.75) is 19.4 Å². The maximum Gasteiger partial charge on any atom is 0.231 e. The van der Waals surface area contributed by atoms with Gasteiger partial charge in [-0.25, -0.2) is 9.67 Å². The number of nitrogens with zero attached hydrogens (tertiary/aromatic N) is 3. The van der Waals surface area contributed by atoms with Crippen LogP contribution in [0.4, 0.5) is 5.82 Å². The lowest BCUT2D eigenvalue weighted by atomic mass is 9.96. The molecule has 6 heteroatoms. The molecule has 1 aliphatic rings. The lowest BCUT2D eigenvalue weighted by molar-refractivity contribution is -0.121. The lowest BCUT2D eigenvalue weighted by Crippen LogP contribution is -2.25. The Kier molecular flexibility index (Phi) is 4.50. The molecule has 0 spiro atoms. The number of hydrogen-bond donors (Lipinski definition) is 1. The summed E-state index contributed by atoms with van der Waals surface area (Å²) in [6.45, 7) is 2.52. The highest BCUT2D eigenvalue weighted by molar-refractivity contribution is 5.92. The molecule has 2 aromatic heterocycles. The van der Waals surface area contributed by atoms with Gasteiger partial charge in [0.15, 0.2) is 0 Å². The van der Waals surface area contributed by atoms with Gasteiger partial charge in [0.25, 0.3) is 0 Å². The van der Waals surface area contributed by atoms with Crippen molar-refractivity contribution in [3.05, 3.63) is 72.2 Å². The number of carbonyl (C=O) groups excluding carboxylic acids is 1. The van der Waals surface area contributed by atoms with Gasteiger partial charge in [-0.1, -0.05) is 24.3 Å². The quantitative estimate of drug-likeness (QED) is 0.785. The molecule has 1 aliphatic heterocycles. The number of nitrogens with one attached hydrogen (secondary N) is 1. The smallest absolute Gasteiger partial charge is 0.231 e. The molecular formula is C20H20N4O2. The summed E-state index contributed by atoms with van der Waals surface area (Å²) in [5.41, 5.74) is 2.93. The number of pyridine rings is 1. The van der Waals surface area contributed by atoms with Gasteiger partial charge in [0.1, 0.15) is 5.82 Å². The second kappa shape index (κ2) is 7.09. The fourth-order valence-corrected chi connectivity index (χ4v) is 3.15. The topological polar surface area (TPSA) is 69.0 Å². The number of para-hydroxylation sites is 1. The normalized spacial score (nSPS) is 19.4. The predicted molar refractivity (Wildman–Crippen MR) is 98.0 cm³/mol. The Bertz CT molecular complexity index is 890. The van der Waals surface area contributed by atoms with Crippen LogP contribution in [0.25, 0.3) is 5.69 Å². The Morgan fingerprint density at radius 3 is 2.81 bits per heavy atom. The Morgan fingerprint density at radius 1 is 1.19 bits per heavy atom. The summed E-state index contributed by atoms with van der Waals surface area (Å²) in [7, 11) is 0. The van der Waals surface area contributed by atoms with Crippen molar-refractivity contribution in [3.63, 3.8) is 0 Å². The number of aromatic nitrogens is 3. The van der Waals surface area contributed by atoms with E-state index in [4.69, 9.17) is 4.74 Å². The molecule has 3 heterocycles. The number of anilines is 1. The minimum Gasteiger partial charge on any atom is -0.373 e. The largest absolute Gasteiger partial charge is 0.373 e. The van der Waals surface area contributed by atoms with E-state index < -0.39 is 0 Å². The van der Waals surface area contributed by atoms with Crippen molar-refractivity contribution in [3.8, 4) is 5.69 Å². The average Bonchev–Trinajstić information content (AvgIpc) is 3.33. The van der Waals surface area contributed by atoms with E-state index in [1.807, 2.05) is 55.6 Å². The Hall–Kier alpha value is -2.99. The molecular weight excluding hydrogens is 328 g/mol. The highest BCUT2D eigenvalue weighted by Gasteiger charge is 2.36. The Balaban J connectivity index is 1.50. The molecule has 26 heavy (non-hydrogen) atoms. The summed E-state index contributed by atoms with van der Waals surface area (Å²) in [5.74, 6) is 0.231. The molecule has 0 aliphatic carbocycles. The Morgan fingerprint density at radius 2 is 2.04 bits per heavy atom. The van der Waals surface area contributed by atoms with Gasteiger partial charge < -0.3 is 10.1 Å². The lowest BCUT2D eigenvalue weighted by Gasteiger charge is -2.16. The molecule has 6 nitrogen and oxygen atoms in total. The van der Waals surface area contributed by atoms with Crippen LogP contribution in [-0.4, -0.2) is 27.3 Å². The van der Waals surface area contributed by atoms with Gasteiger partial charge >= 0.3 is 0 Å². The highest BCUT2D eigenvalue weighted by atomic mass is 16.5. The number of hydrogen-bond acceptors (Lipinski definition) is 4. The van der Waals surface area contributed by atoms with E-state index in [0.717, 1.165) is 16.8 Å². The first kappa shape index (κ1) is 16.5. The zero-order valence-corrected chi connectivity index (χ0v) is 14.5. The number of benzene rings is 1. The van der Waals surface area contributed by atoms with Gasteiger partial charge in [0.2, 0.25) is 5.91 Å². The third-order valence-electron chi connectivity index (χ3n) is 4.54. The van der Waals surface area contributed by atoms with Crippen LogP contribution < -0.4 is 5.32 Å². The first-order valence-electron chi connectivity index (χ1n) is 8.66. The second-order valence-corrected chi connectivity index (χ2v) is 6.45. The third-order valence-corrected chi connectivity index (χ3v) is 4.54. The zero-order valence-electron chi connectivity index (χ0n) is 14.5. The van der Waals surface area contributed by atoms with E-state index in [-0.39, 0.29) is 17.9 Å². The third kappa shape index (κ3) is 3.36. The van der Waals surface area contributed by atoms with Crippen LogP contribution in [0, 0.1) is 12.8 Å².